The molecule has 186 valence electrons. The molecule has 1 aromatic heterocycles. The largest absolute Gasteiger partial charge is 0.496 e. The van der Waals surface area contributed by atoms with Crippen molar-refractivity contribution in [2.45, 2.75) is 19.9 Å². The highest BCUT2D eigenvalue weighted by Gasteiger charge is 2.24. The number of urea groups is 1. The molecule has 1 atom stereocenters. The molecule has 0 radical (unpaired) electrons. The SMILES string of the molecule is COc1cc(N2CCN(C(=O)NC(C)c3ccc(F)c4ccccc34)CC2)ccc1-c1cnc(C)o1. The van der Waals surface area contributed by atoms with Gasteiger partial charge in [-0.1, -0.05) is 30.3 Å². The van der Waals surface area contributed by atoms with Crippen LogP contribution in [0.3, 0.4) is 0 Å². The minimum absolute atomic E-state index is 0.121. The number of hydrogen-bond donors (Lipinski definition) is 1. The first-order valence-corrected chi connectivity index (χ1v) is 12.0. The number of piperazine rings is 1. The zero-order chi connectivity index (χ0) is 25.2. The van der Waals surface area contributed by atoms with Crippen molar-refractivity contribution in [1.29, 1.82) is 0 Å². The van der Waals surface area contributed by atoms with Crippen molar-refractivity contribution < 1.29 is 18.3 Å². The van der Waals surface area contributed by atoms with Crippen LogP contribution in [0.25, 0.3) is 22.1 Å². The van der Waals surface area contributed by atoms with Crippen LogP contribution in [-0.2, 0) is 0 Å². The summed E-state index contributed by atoms with van der Waals surface area (Å²) in [6.07, 6.45) is 1.69. The van der Waals surface area contributed by atoms with Crippen molar-refractivity contribution in [2.75, 3.05) is 38.2 Å². The van der Waals surface area contributed by atoms with E-state index in [4.69, 9.17) is 9.15 Å². The topological polar surface area (TPSA) is 70.8 Å². The fourth-order valence-corrected chi connectivity index (χ4v) is 4.75. The van der Waals surface area contributed by atoms with E-state index in [0.717, 1.165) is 22.2 Å². The summed E-state index contributed by atoms with van der Waals surface area (Å²) in [6, 6.07) is 16.2. The van der Waals surface area contributed by atoms with E-state index in [1.54, 1.807) is 25.4 Å². The van der Waals surface area contributed by atoms with E-state index < -0.39 is 0 Å². The van der Waals surface area contributed by atoms with Gasteiger partial charge in [0.2, 0.25) is 0 Å². The molecule has 1 aliphatic rings. The summed E-state index contributed by atoms with van der Waals surface area (Å²) in [5.74, 6) is 1.72. The smallest absolute Gasteiger partial charge is 0.317 e. The quantitative estimate of drug-likeness (QED) is 0.399. The van der Waals surface area contributed by atoms with Gasteiger partial charge >= 0.3 is 6.03 Å². The fourth-order valence-electron chi connectivity index (χ4n) is 4.75. The molecule has 36 heavy (non-hydrogen) atoms. The monoisotopic (exact) mass is 488 g/mol. The van der Waals surface area contributed by atoms with Crippen molar-refractivity contribution in [3.8, 4) is 17.1 Å². The molecule has 4 aromatic rings. The van der Waals surface area contributed by atoms with Crippen LogP contribution in [0.5, 0.6) is 5.75 Å². The van der Waals surface area contributed by atoms with E-state index in [0.29, 0.717) is 49.0 Å². The molecule has 0 saturated carbocycles. The number of amides is 2. The molecule has 0 aliphatic carbocycles. The van der Waals surface area contributed by atoms with Crippen LogP contribution in [0, 0.1) is 12.7 Å². The number of nitrogens with zero attached hydrogens (tertiary/aromatic N) is 3. The molecule has 1 fully saturated rings. The Morgan fingerprint density at radius 2 is 1.83 bits per heavy atom. The second-order valence-corrected chi connectivity index (χ2v) is 8.96. The van der Waals surface area contributed by atoms with Crippen LogP contribution in [0.1, 0.15) is 24.4 Å². The molecule has 7 nitrogen and oxygen atoms in total. The zero-order valence-electron chi connectivity index (χ0n) is 20.6. The van der Waals surface area contributed by atoms with Gasteiger partial charge in [0, 0.05) is 50.2 Å². The van der Waals surface area contributed by atoms with Crippen LogP contribution < -0.4 is 15.0 Å². The Kier molecular flexibility index (Phi) is 6.50. The molecule has 0 bridgehead atoms. The Morgan fingerprint density at radius 1 is 1.08 bits per heavy atom. The molecule has 2 heterocycles. The normalized spacial score (nSPS) is 14.7. The Balaban J connectivity index is 1.23. The lowest BCUT2D eigenvalue weighted by Gasteiger charge is -2.36. The summed E-state index contributed by atoms with van der Waals surface area (Å²) < 4.78 is 25.5. The average molecular weight is 489 g/mol. The van der Waals surface area contributed by atoms with Crippen molar-refractivity contribution >= 4 is 22.5 Å². The lowest BCUT2D eigenvalue weighted by Crippen LogP contribution is -2.52. The van der Waals surface area contributed by atoms with Gasteiger partial charge in [-0.05, 0) is 36.1 Å². The standard InChI is InChI=1S/C28H29FN4O3/c1-18(21-10-11-25(29)23-7-5-4-6-22(21)23)31-28(34)33-14-12-32(13-15-33)20-8-9-24(26(16-20)35-3)27-17-30-19(2)36-27/h4-11,16-18H,12-15H2,1-3H3,(H,31,34). The van der Waals surface area contributed by atoms with Gasteiger partial charge in [0.1, 0.15) is 11.6 Å². The van der Waals surface area contributed by atoms with Gasteiger partial charge in [-0.3, -0.25) is 0 Å². The fraction of sp³-hybridized carbons (Fsp3) is 0.286. The Bertz CT molecular complexity index is 1390. The van der Waals surface area contributed by atoms with Crippen LogP contribution in [0.2, 0.25) is 0 Å². The van der Waals surface area contributed by atoms with Gasteiger partial charge in [0.05, 0.1) is 24.9 Å². The summed E-state index contributed by atoms with van der Waals surface area (Å²) in [7, 11) is 1.64. The number of aryl methyl sites for hydroxylation is 1. The molecular formula is C28H29FN4O3. The first kappa shape index (κ1) is 23.7. The summed E-state index contributed by atoms with van der Waals surface area (Å²) in [5, 5.41) is 4.46. The highest BCUT2D eigenvalue weighted by atomic mass is 19.1. The minimum Gasteiger partial charge on any atom is -0.496 e. The number of carbonyl (C=O) groups is 1. The maximum Gasteiger partial charge on any atom is 0.317 e. The number of benzene rings is 3. The number of anilines is 1. The lowest BCUT2D eigenvalue weighted by molar-refractivity contribution is 0.191. The predicted molar refractivity (Wildman–Crippen MR) is 138 cm³/mol. The zero-order valence-corrected chi connectivity index (χ0v) is 20.6. The number of fused-ring (bicyclic) bond motifs is 1. The van der Waals surface area contributed by atoms with Gasteiger partial charge < -0.3 is 24.3 Å². The van der Waals surface area contributed by atoms with Crippen molar-refractivity contribution in [3.63, 3.8) is 0 Å². The number of rotatable bonds is 5. The Hall–Kier alpha value is -4.07. The molecule has 1 saturated heterocycles. The number of halogens is 1. The van der Waals surface area contributed by atoms with Gasteiger partial charge in [0.15, 0.2) is 11.7 Å². The maximum absolute atomic E-state index is 14.2. The summed E-state index contributed by atoms with van der Waals surface area (Å²) in [6.45, 7) is 6.32. The molecule has 0 spiro atoms. The first-order valence-electron chi connectivity index (χ1n) is 12.0. The third-order valence-corrected chi connectivity index (χ3v) is 6.71. The number of methoxy groups -OCH3 is 1. The number of aromatic nitrogens is 1. The summed E-state index contributed by atoms with van der Waals surface area (Å²) >= 11 is 0. The average Bonchev–Trinajstić information content (AvgIpc) is 3.34. The highest BCUT2D eigenvalue weighted by Crippen LogP contribution is 2.34. The van der Waals surface area contributed by atoms with Gasteiger partial charge in [0.25, 0.3) is 0 Å². The molecule has 3 aromatic carbocycles. The van der Waals surface area contributed by atoms with Crippen molar-refractivity contribution in [3.05, 3.63) is 78.1 Å². The number of carbonyl (C=O) groups excluding carboxylic acids is 1. The van der Waals surface area contributed by atoms with Gasteiger partial charge in [-0.15, -0.1) is 0 Å². The first-order chi connectivity index (χ1) is 17.4. The molecule has 1 N–H and O–H groups in total. The molecular weight excluding hydrogens is 459 g/mol. The second-order valence-electron chi connectivity index (χ2n) is 8.96. The van der Waals surface area contributed by atoms with E-state index >= 15 is 0 Å². The molecule has 5 rings (SSSR count). The molecule has 1 unspecified atom stereocenters. The third kappa shape index (κ3) is 4.58. The lowest BCUT2D eigenvalue weighted by atomic mass is 9.99. The van der Waals surface area contributed by atoms with Crippen LogP contribution in [-0.4, -0.2) is 49.2 Å². The third-order valence-electron chi connectivity index (χ3n) is 6.71. The van der Waals surface area contributed by atoms with Crippen LogP contribution in [0.15, 0.2) is 65.2 Å². The molecule has 1 aliphatic heterocycles. The van der Waals surface area contributed by atoms with E-state index in [1.807, 2.05) is 55.1 Å². The Morgan fingerprint density at radius 3 is 2.53 bits per heavy atom. The van der Waals surface area contributed by atoms with Gasteiger partial charge in [-0.25, -0.2) is 14.2 Å². The Labute approximate surface area is 209 Å². The minimum atomic E-state index is -0.260. The van der Waals surface area contributed by atoms with E-state index in [-0.39, 0.29) is 17.9 Å². The second kappa shape index (κ2) is 9.89. The predicted octanol–water partition coefficient (Wildman–Crippen LogP) is 5.54. The number of ether oxygens (including phenoxy) is 1. The summed E-state index contributed by atoms with van der Waals surface area (Å²) in [4.78, 5) is 21.2. The highest BCUT2D eigenvalue weighted by molar-refractivity contribution is 5.87. The number of oxazole rings is 1. The van der Waals surface area contributed by atoms with Crippen LogP contribution >= 0.6 is 0 Å². The van der Waals surface area contributed by atoms with Crippen LogP contribution in [0.4, 0.5) is 14.9 Å². The van der Waals surface area contributed by atoms with Gasteiger partial charge in [-0.2, -0.15) is 0 Å². The van der Waals surface area contributed by atoms with Crippen molar-refractivity contribution in [2.24, 2.45) is 0 Å². The van der Waals surface area contributed by atoms with E-state index in [1.165, 1.54) is 6.07 Å². The summed E-state index contributed by atoms with van der Waals surface area (Å²) in [5.41, 5.74) is 2.77. The van der Waals surface area contributed by atoms with Crippen molar-refractivity contribution in [1.82, 2.24) is 15.2 Å². The van der Waals surface area contributed by atoms with E-state index in [9.17, 15) is 9.18 Å². The maximum atomic E-state index is 14.2. The number of hydrogen-bond acceptors (Lipinski definition) is 5. The molecule has 8 heteroatoms. The number of nitrogens with one attached hydrogen (secondary N) is 1. The molecule has 2 amide bonds. The van der Waals surface area contributed by atoms with E-state index in [2.05, 4.69) is 15.2 Å².